The van der Waals surface area contributed by atoms with Crippen LogP contribution in [0.25, 0.3) is 0 Å². The average Bonchev–Trinajstić information content (AvgIpc) is 1.83. The molecule has 0 rings (SSSR count). The molecule has 0 aromatic carbocycles. The fraction of sp³-hybridized carbons (Fsp3) is 0.500. The number of carbonyl (C=O) groups is 1. The van der Waals surface area contributed by atoms with E-state index in [1.54, 1.807) is 0 Å². The van der Waals surface area contributed by atoms with Gasteiger partial charge in [-0.3, -0.25) is 4.79 Å². The Morgan fingerprint density at radius 2 is 2.22 bits per heavy atom. The van der Waals surface area contributed by atoms with Gasteiger partial charge in [0.1, 0.15) is 0 Å². The zero-order valence-electron chi connectivity index (χ0n) is 5.32. The number of hydrogen-bond acceptors (Lipinski definition) is 2. The van der Waals surface area contributed by atoms with Gasteiger partial charge in [0, 0.05) is 12.8 Å². The third-order valence-corrected chi connectivity index (χ3v) is 1.08. The summed E-state index contributed by atoms with van der Waals surface area (Å²) in [6, 6.07) is 0. The molecule has 0 aliphatic rings. The summed E-state index contributed by atoms with van der Waals surface area (Å²) in [6.45, 7) is 3.51. The third-order valence-electron chi connectivity index (χ3n) is 0.889. The van der Waals surface area contributed by atoms with Gasteiger partial charge in [0.2, 0.25) is 5.24 Å². The number of carbonyl (C=O) groups excluding carboxylic acids is 1. The molecule has 0 fully saturated rings. The molecular formula is C6H9ClO2. The molecule has 0 heterocycles. The molecule has 0 saturated heterocycles. The number of methoxy groups -OCH3 is 1. The number of halogens is 1. The predicted molar refractivity (Wildman–Crippen MR) is 36.2 cm³/mol. The average molecular weight is 149 g/mol. The van der Waals surface area contributed by atoms with Crippen LogP contribution in [0, 0.1) is 0 Å². The van der Waals surface area contributed by atoms with E-state index in [4.69, 9.17) is 16.3 Å². The van der Waals surface area contributed by atoms with Crippen LogP contribution in [-0.4, -0.2) is 12.4 Å². The maximum absolute atomic E-state index is 10.1. The Hall–Kier alpha value is -0.500. The maximum atomic E-state index is 10.1. The highest BCUT2D eigenvalue weighted by Crippen LogP contribution is 2.03. The first kappa shape index (κ1) is 8.50. The van der Waals surface area contributed by atoms with Crippen molar-refractivity contribution in [2.45, 2.75) is 12.8 Å². The highest BCUT2D eigenvalue weighted by Gasteiger charge is 1.97. The first-order valence-electron chi connectivity index (χ1n) is 2.57. The molecule has 3 heteroatoms. The highest BCUT2D eigenvalue weighted by molar-refractivity contribution is 6.63. The fourth-order valence-corrected chi connectivity index (χ4v) is 0.434. The van der Waals surface area contributed by atoms with Crippen LogP contribution in [0.4, 0.5) is 0 Å². The summed E-state index contributed by atoms with van der Waals surface area (Å²) >= 11 is 5.04. The Labute approximate surface area is 59.5 Å². The van der Waals surface area contributed by atoms with E-state index in [1.165, 1.54) is 7.11 Å². The molecule has 0 aliphatic carbocycles. The van der Waals surface area contributed by atoms with Gasteiger partial charge in [-0.05, 0) is 11.6 Å². The molecular weight excluding hydrogens is 140 g/mol. The summed E-state index contributed by atoms with van der Waals surface area (Å²) in [4.78, 5) is 10.1. The highest BCUT2D eigenvalue weighted by atomic mass is 35.5. The molecule has 0 spiro atoms. The van der Waals surface area contributed by atoms with E-state index < -0.39 is 0 Å². The Morgan fingerprint density at radius 3 is 2.56 bits per heavy atom. The van der Waals surface area contributed by atoms with Gasteiger partial charge in [0.25, 0.3) is 0 Å². The summed E-state index contributed by atoms with van der Waals surface area (Å²) in [5, 5.41) is -0.354. The summed E-state index contributed by atoms with van der Waals surface area (Å²) in [5.74, 6) is 0.587. The summed E-state index contributed by atoms with van der Waals surface area (Å²) in [7, 11) is 1.51. The molecule has 0 atom stereocenters. The van der Waals surface area contributed by atoms with E-state index in [0.717, 1.165) is 0 Å². The first-order chi connectivity index (χ1) is 4.16. The molecule has 0 saturated carbocycles. The molecule has 0 aromatic rings. The summed E-state index contributed by atoms with van der Waals surface area (Å²) < 4.78 is 4.70. The first-order valence-corrected chi connectivity index (χ1v) is 2.94. The van der Waals surface area contributed by atoms with Crippen molar-refractivity contribution >= 4 is 16.8 Å². The zero-order valence-corrected chi connectivity index (χ0v) is 6.07. The predicted octanol–water partition coefficient (Wildman–Crippen LogP) is 1.69. The Balaban J connectivity index is 3.28. The quantitative estimate of drug-likeness (QED) is 0.448. The van der Waals surface area contributed by atoms with Gasteiger partial charge in [-0.1, -0.05) is 6.58 Å². The van der Waals surface area contributed by atoms with E-state index in [1.807, 2.05) is 0 Å². The second-order valence-electron chi connectivity index (χ2n) is 1.60. The number of ether oxygens (including phenoxy) is 1. The molecule has 0 radical (unpaired) electrons. The van der Waals surface area contributed by atoms with Crippen LogP contribution in [0.3, 0.4) is 0 Å². The largest absolute Gasteiger partial charge is 0.502 e. The Kier molecular flexibility index (Phi) is 4.14. The minimum Gasteiger partial charge on any atom is -0.502 e. The minimum atomic E-state index is -0.354. The van der Waals surface area contributed by atoms with Crippen molar-refractivity contribution in [2.24, 2.45) is 0 Å². The maximum Gasteiger partial charge on any atom is 0.222 e. The molecule has 0 bridgehead atoms. The van der Waals surface area contributed by atoms with Crippen molar-refractivity contribution in [3.05, 3.63) is 12.3 Å². The second kappa shape index (κ2) is 4.39. The zero-order chi connectivity index (χ0) is 7.28. The van der Waals surface area contributed by atoms with Crippen molar-refractivity contribution in [2.75, 3.05) is 7.11 Å². The molecule has 0 N–H and O–H groups in total. The number of hydrogen-bond donors (Lipinski definition) is 0. The van der Waals surface area contributed by atoms with Crippen LogP contribution in [0.15, 0.2) is 12.3 Å². The van der Waals surface area contributed by atoms with Crippen LogP contribution < -0.4 is 0 Å². The standard InChI is InChI=1S/C6H9ClO2/c1-5(9-2)3-4-6(7)8/h1,3-4H2,2H3. The molecule has 2 nitrogen and oxygen atoms in total. The van der Waals surface area contributed by atoms with Gasteiger partial charge < -0.3 is 4.74 Å². The lowest BCUT2D eigenvalue weighted by Crippen LogP contribution is -1.89. The third kappa shape index (κ3) is 5.37. The van der Waals surface area contributed by atoms with Crippen molar-refractivity contribution in [3.63, 3.8) is 0 Å². The van der Waals surface area contributed by atoms with Crippen LogP contribution in [-0.2, 0) is 9.53 Å². The van der Waals surface area contributed by atoms with Crippen molar-refractivity contribution in [1.82, 2.24) is 0 Å². The van der Waals surface area contributed by atoms with Gasteiger partial charge in [0.05, 0.1) is 12.9 Å². The van der Waals surface area contributed by atoms with E-state index in [-0.39, 0.29) is 5.24 Å². The monoisotopic (exact) mass is 148 g/mol. The molecule has 0 unspecified atom stereocenters. The SMILES string of the molecule is C=C(CCC(=O)Cl)OC. The lowest BCUT2D eigenvalue weighted by atomic mass is 10.3. The van der Waals surface area contributed by atoms with Crippen LogP contribution in [0.2, 0.25) is 0 Å². The molecule has 9 heavy (non-hydrogen) atoms. The van der Waals surface area contributed by atoms with Gasteiger partial charge >= 0.3 is 0 Å². The minimum absolute atomic E-state index is 0.300. The Bertz CT molecular complexity index is 120. The summed E-state index contributed by atoms with van der Waals surface area (Å²) in [6.07, 6.45) is 0.813. The fourth-order valence-electron chi connectivity index (χ4n) is 0.340. The van der Waals surface area contributed by atoms with E-state index in [2.05, 4.69) is 6.58 Å². The van der Waals surface area contributed by atoms with E-state index in [0.29, 0.717) is 18.6 Å². The lowest BCUT2D eigenvalue weighted by molar-refractivity contribution is -0.111. The molecule has 0 amide bonds. The van der Waals surface area contributed by atoms with Crippen LogP contribution in [0.5, 0.6) is 0 Å². The van der Waals surface area contributed by atoms with E-state index in [9.17, 15) is 4.79 Å². The van der Waals surface area contributed by atoms with Crippen molar-refractivity contribution < 1.29 is 9.53 Å². The molecule has 0 aromatic heterocycles. The van der Waals surface area contributed by atoms with Gasteiger partial charge in [0.15, 0.2) is 0 Å². The lowest BCUT2D eigenvalue weighted by Gasteiger charge is -1.98. The van der Waals surface area contributed by atoms with Gasteiger partial charge in [-0.25, -0.2) is 0 Å². The topological polar surface area (TPSA) is 26.3 Å². The summed E-state index contributed by atoms with van der Waals surface area (Å²) in [5.41, 5.74) is 0. The van der Waals surface area contributed by atoms with Gasteiger partial charge in [-0.2, -0.15) is 0 Å². The number of allylic oxidation sites excluding steroid dienone is 1. The Morgan fingerprint density at radius 1 is 1.67 bits per heavy atom. The molecule has 52 valence electrons. The normalized spacial score (nSPS) is 8.67. The van der Waals surface area contributed by atoms with Crippen molar-refractivity contribution in [1.29, 1.82) is 0 Å². The second-order valence-corrected chi connectivity index (χ2v) is 2.02. The van der Waals surface area contributed by atoms with Crippen LogP contribution in [0.1, 0.15) is 12.8 Å². The number of rotatable bonds is 4. The smallest absolute Gasteiger partial charge is 0.222 e. The molecule has 0 aliphatic heterocycles. The van der Waals surface area contributed by atoms with E-state index >= 15 is 0 Å². The van der Waals surface area contributed by atoms with Gasteiger partial charge in [-0.15, -0.1) is 0 Å². The van der Waals surface area contributed by atoms with Crippen LogP contribution >= 0.6 is 11.6 Å². The van der Waals surface area contributed by atoms with Crippen molar-refractivity contribution in [3.8, 4) is 0 Å².